The molecule has 1 aliphatic rings. The van der Waals surface area contributed by atoms with Crippen LogP contribution in [0.2, 0.25) is 0 Å². The first kappa shape index (κ1) is 23.5. The number of fused-ring (bicyclic) bond motifs is 1. The molecule has 1 aliphatic carbocycles. The van der Waals surface area contributed by atoms with E-state index in [-0.39, 0.29) is 17.0 Å². The second kappa shape index (κ2) is 10.5. The van der Waals surface area contributed by atoms with Crippen molar-refractivity contribution < 1.29 is 9.90 Å². The number of aliphatic hydroxyl groups is 1. The lowest BCUT2D eigenvalue weighted by Crippen LogP contribution is -2.46. The molecule has 1 aromatic heterocycles. The molecular formula is C28H31N3O3. The van der Waals surface area contributed by atoms with Gasteiger partial charge in [-0.05, 0) is 42.2 Å². The number of carbonyl (C=O) groups excluding carboxylic acids is 1. The zero-order valence-corrected chi connectivity index (χ0v) is 19.5. The molecule has 1 fully saturated rings. The summed E-state index contributed by atoms with van der Waals surface area (Å²) in [4.78, 5) is 26.2. The maximum atomic E-state index is 13.2. The number of amides is 1. The van der Waals surface area contributed by atoms with Crippen molar-refractivity contribution in [2.24, 2.45) is 0 Å². The van der Waals surface area contributed by atoms with Gasteiger partial charge < -0.3 is 20.3 Å². The Morgan fingerprint density at radius 3 is 2.59 bits per heavy atom. The van der Waals surface area contributed by atoms with Gasteiger partial charge >= 0.3 is 0 Å². The number of para-hydroxylation sites is 1. The molecule has 34 heavy (non-hydrogen) atoms. The molecule has 0 aliphatic heterocycles. The van der Waals surface area contributed by atoms with Gasteiger partial charge in [0.15, 0.2) is 0 Å². The molecule has 3 N–H and O–H groups in total. The van der Waals surface area contributed by atoms with E-state index in [1.165, 1.54) is 0 Å². The number of nitrogens with one attached hydrogen (secondary N) is 2. The predicted molar refractivity (Wildman–Crippen MR) is 137 cm³/mol. The highest BCUT2D eigenvalue weighted by molar-refractivity contribution is 5.97. The van der Waals surface area contributed by atoms with Crippen LogP contribution in [0.15, 0.2) is 78.3 Å². The number of hydrogen-bond donors (Lipinski definition) is 3. The zero-order chi connectivity index (χ0) is 24.1. The van der Waals surface area contributed by atoms with Gasteiger partial charge in [-0.25, -0.2) is 0 Å². The summed E-state index contributed by atoms with van der Waals surface area (Å²) in [6, 6.07) is 15.2. The quantitative estimate of drug-likeness (QED) is 0.471. The molecule has 6 heteroatoms. The monoisotopic (exact) mass is 457 g/mol. The summed E-state index contributed by atoms with van der Waals surface area (Å²) in [6.45, 7) is 4.26. The zero-order valence-electron chi connectivity index (χ0n) is 19.5. The number of allylic oxidation sites excluding steroid dienone is 2. The Bertz CT molecular complexity index is 1270. The molecule has 6 nitrogen and oxygen atoms in total. The van der Waals surface area contributed by atoms with Gasteiger partial charge in [-0.3, -0.25) is 9.59 Å². The van der Waals surface area contributed by atoms with Crippen molar-refractivity contribution in [2.45, 2.75) is 44.4 Å². The maximum Gasteiger partial charge on any atom is 0.257 e. The smallest absolute Gasteiger partial charge is 0.257 e. The molecule has 0 spiro atoms. The number of hydrogen-bond acceptors (Lipinski definition) is 4. The van der Waals surface area contributed by atoms with E-state index in [9.17, 15) is 14.7 Å². The lowest BCUT2D eigenvalue weighted by molar-refractivity contribution is 0.0716. The molecule has 0 radical (unpaired) electrons. The summed E-state index contributed by atoms with van der Waals surface area (Å²) in [5, 5.41) is 16.8. The van der Waals surface area contributed by atoms with E-state index in [1.807, 2.05) is 54.1 Å². The fourth-order valence-electron chi connectivity index (χ4n) is 4.59. The maximum absolute atomic E-state index is 13.2. The van der Waals surface area contributed by atoms with Gasteiger partial charge in [0.25, 0.3) is 5.91 Å². The SMILES string of the molecule is C=C/C=C(\NC)c1ccc(Cn2cc(C(=O)NC3CCCC[C@@H]3O)c(=O)c3ccccc32)cc1. The third kappa shape index (κ3) is 4.97. The van der Waals surface area contributed by atoms with Crippen LogP contribution in [0.1, 0.15) is 47.2 Å². The van der Waals surface area contributed by atoms with Crippen molar-refractivity contribution in [3.63, 3.8) is 0 Å². The number of aromatic nitrogens is 1. The Hall–Kier alpha value is -3.64. The van der Waals surface area contributed by atoms with Gasteiger partial charge in [0.05, 0.1) is 17.7 Å². The molecule has 4 rings (SSSR count). The van der Waals surface area contributed by atoms with E-state index in [0.29, 0.717) is 18.4 Å². The standard InChI is InChI=1S/C28H31N3O3/c1-3-8-23(29-2)20-15-13-19(14-16-20)17-31-18-22(27(33)21-9-4-6-11-25(21)31)28(34)30-24-10-5-7-12-26(24)32/h3-4,6,8-9,11,13-16,18,24,26,29,32H,1,5,7,10,12,17H2,2H3,(H,30,34)/b23-8-/t24?,26-/m0/s1. The minimum absolute atomic E-state index is 0.0967. The number of carbonyl (C=O) groups is 1. The Labute approximate surface area is 199 Å². The average molecular weight is 458 g/mol. The van der Waals surface area contributed by atoms with E-state index in [1.54, 1.807) is 24.4 Å². The highest BCUT2D eigenvalue weighted by atomic mass is 16.3. The van der Waals surface area contributed by atoms with E-state index in [0.717, 1.165) is 41.6 Å². The molecule has 176 valence electrons. The van der Waals surface area contributed by atoms with E-state index in [4.69, 9.17) is 0 Å². The third-order valence-electron chi connectivity index (χ3n) is 6.45. The topological polar surface area (TPSA) is 83.4 Å². The van der Waals surface area contributed by atoms with Crippen LogP contribution in [-0.2, 0) is 6.54 Å². The first-order chi connectivity index (χ1) is 16.5. The van der Waals surface area contributed by atoms with Gasteiger partial charge in [0.1, 0.15) is 5.56 Å². The molecule has 1 saturated carbocycles. The summed E-state index contributed by atoms with van der Waals surface area (Å²) < 4.78 is 1.94. The third-order valence-corrected chi connectivity index (χ3v) is 6.45. The largest absolute Gasteiger partial charge is 0.391 e. The second-order valence-corrected chi connectivity index (χ2v) is 8.71. The van der Waals surface area contributed by atoms with Crippen LogP contribution in [0, 0.1) is 0 Å². The normalized spacial score (nSPS) is 18.5. The Morgan fingerprint density at radius 2 is 1.88 bits per heavy atom. The summed E-state index contributed by atoms with van der Waals surface area (Å²) in [6.07, 6.45) is 8.02. The summed E-state index contributed by atoms with van der Waals surface area (Å²) in [5.41, 5.74) is 3.63. The van der Waals surface area contributed by atoms with Crippen molar-refractivity contribution in [3.05, 3.63) is 100 Å². The Morgan fingerprint density at radius 1 is 1.15 bits per heavy atom. The number of rotatable bonds is 7. The number of nitrogens with zero attached hydrogens (tertiary/aromatic N) is 1. The fraction of sp³-hybridized carbons (Fsp3) is 0.286. The first-order valence-electron chi connectivity index (χ1n) is 11.7. The molecule has 2 aromatic carbocycles. The number of benzene rings is 2. The van der Waals surface area contributed by atoms with Crippen molar-refractivity contribution in [2.75, 3.05) is 7.05 Å². The highest BCUT2D eigenvalue weighted by Gasteiger charge is 2.26. The van der Waals surface area contributed by atoms with Crippen LogP contribution in [0.3, 0.4) is 0 Å². The summed E-state index contributed by atoms with van der Waals surface area (Å²) in [7, 11) is 1.87. The number of aliphatic hydroxyl groups excluding tert-OH is 1. The molecule has 1 amide bonds. The van der Waals surface area contributed by atoms with Crippen LogP contribution in [0.25, 0.3) is 16.6 Å². The minimum atomic E-state index is -0.573. The predicted octanol–water partition coefficient (Wildman–Crippen LogP) is 3.83. The van der Waals surface area contributed by atoms with Gasteiger partial charge in [0, 0.05) is 30.9 Å². The van der Waals surface area contributed by atoms with Crippen LogP contribution in [-0.4, -0.2) is 34.8 Å². The van der Waals surface area contributed by atoms with E-state index >= 15 is 0 Å². The number of pyridine rings is 1. The van der Waals surface area contributed by atoms with Crippen molar-refractivity contribution >= 4 is 22.5 Å². The Kier molecular flexibility index (Phi) is 7.28. The van der Waals surface area contributed by atoms with Gasteiger partial charge in [0.2, 0.25) is 5.43 Å². The van der Waals surface area contributed by atoms with Gasteiger partial charge in [-0.2, -0.15) is 0 Å². The van der Waals surface area contributed by atoms with Crippen molar-refractivity contribution in [1.82, 2.24) is 15.2 Å². The lowest BCUT2D eigenvalue weighted by Gasteiger charge is -2.28. The lowest BCUT2D eigenvalue weighted by atomic mass is 9.92. The Balaban J connectivity index is 1.67. The summed E-state index contributed by atoms with van der Waals surface area (Å²) in [5.74, 6) is -0.431. The minimum Gasteiger partial charge on any atom is -0.391 e. The van der Waals surface area contributed by atoms with Crippen LogP contribution < -0.4 is 16.1 Å². The van der Waals surface area contributed by atoms with Crippen molar-refractivity contribution in [3.8, 4) is 0 Å². The van der Waals surface area contributed by atoms with Crippen LogP contribution in [0.4, 0.5) is 0 Å². The van der Waals surface area contributed by atoms with E-state index in [2.05, 4.69) is 17.2 Å². The molecule has 0 bridgehead atoms. The van der Waals surface area contributed by atoms with Gasteiger partial charge in [-0.15, -0.1) is 0 Å². The van der Waals surface area contributed by atoms with Crippen LogP contribution >= 0.6 is 0 Å². The first-order valence-corrected chi connectivity index (χ1v) is 11.7. The van der Waals surface area contributed by atoms with E-state index < -0.39 is 12.0 Å². The molecule has 2 atom stereocenters. The molecule has 1 heterocycles. The van der Waals surface area contributed by atoms with Crippen molar-refractivity contribution in [1.29, 1.82) is 0 Å². The van der Waals surface area contributed by atoms with Crippen LogP contribution in [0.5, 0.6) is 0 Å². The summed E-state index contributed by atoms with van der Waals surface area (Å²) >= 11 is 0. The van der Waals surface area contributed by atoms with Gasteiger partial charge in [-0.1, -0.05) is 61.9 Å². The highest BCUT2D eigenvalue weighted by Crippen LogP contribution is 2.20. The molecule has 0 saturated heterocycles. The average Bonchev–Trinajstić information content (AvgIpc) is 2.86. The second-order valence-electron chi connectivity index (χ2n) is 8.71. The molecular weight excluding hydrogens is 426 g/mol. The molecule has 1 unspecified atom stereocenters. The molecule has 3 aromatic rings. The fourth-order valence-corrected chi connectivity index (χ4v) is 4.59.